The van der Waals surface area contributed by atoms with Gasteiger partial charge in [-0.1, -0.05) is 6.07 Å². The highest BCUT2D eigenvalue weighted by atomic mass is 16.5. The lowest BCUT2D eigenvalue weighted by Gasteiger charge is -2.14. The molecule has 0 bridgehead atoms. The average molecular weight is 323 g/mol. The predicted molar refractivity (Wildman–Crippen MR) is 94.5 cm³/mol. The zero-order valence-corrected chi connectivity index (χ0v) is 13.7. The second-order valence-electron chi connectivity index (χ2n) is 6.23. The van der Waals surface area contributed by atoms with E-state index in [2.05, 4.69) is 22.7 Å². The van der Waals surface area contributed by atoms with Gasteiger partial charge in [-0.05, 0) is 56.2 Å². The molecule has 2 N–H and O–H groups in total. The number of ether oxygens (including phenoxy) is 1. The van der Waals surface area contributed by atoms with Gasteiger partial charge in [0.15, 0.2) is 0 Å². The molecule has 1 fully saturated rings. The highest BCUT2D eigenvalue weighted by Gasteiger charge is 2.19. The van der Waals surface area contributed by atoms with Crippen LogP contribution in [0.1, 0.15) is 18.5 Å². The third kappa shape index (κ3) is 2.71. The van der Waals surface area contributed by atoms with Gasteiger partial charge in [-0.2, -0.15) is 0 Å². The zero-order valence-electron chi connectivity index (χ0n) is 13.7. The number of phenolic OH excluding ortho intramolecular Hbond substituents is 1. The number of benzene rings is 1. The average Bonchev–Trinajstić information content (AvgIpc) is 3.21. The Morgan fingerprint density at radius 1 is 1.25 bits per heavy atom. The third-order valence-corrected chi connectivity index (χ3v) is 4.50. The molecule has 0 saturated carbocycles. The van der Waals surface area contributed by atoms with Gasteiger partial charge in [0.1, 0.15) is 22.9 Å². The normalized spacial score (nSPS) is 17.5. The van der Waals surface area contributed by atoms with Crippen LogP contribution in [0.15, 0.2) is 42.5 Å². The highest BCUT2D eigenvalue weighted by Crippen LogP contribution is 2.31. The lowest BCUT2D eigenvalue weighted by Crippen LogP contribution is -2.19. The molecule has 5 heteroatoms. The number of fused-ring (bicyclic) bond motifs is 1. The standard InChI is InChI=1S/C19H21N3O2/c1-13-4-2-6-17-21-18(14-7-9-15(23)10-8-14)19(22(13)17)20-12-16-5-3-11-24-16/h2,4,6-10,16,20,23H,3,5,11-12H2,1H3/t16-/m0/s1. The fraction of sp³-hybridized carbons (Fsp3) is 0.316. The van der Waals surface area contributed by atoms with Gasteiger partial charge in [0, 0.05) is 24.4 Å². The lowest BCUT2D eigenvalue weighted by atomic mass is 10.1. The fourth-order valence-corrected chi connectivity index (χ4v) is 3.25. The number of rotatable bonds is 4. The Hall–Kier alpha value is -2.53. The van der Waals surface area contributed by atoms with Crippen LogP contribution < -0.4 is 5.32 Å². The maximum Gasteiger partial charge on any atom is 0.139 e. The van der Waals surface area contributed by atoms with Crippen molar-refractivity contribution in [1.82, 2.24) is 9.38 Å². The Labute approximate surface area is 140 Å². The first-order valence-electron chi connectivity index (χ1n) is 8.35. The summed E-state index contributed by atoms with van der Waals surface area (Å²) in [6.45, 7) is 3.70. The Bertz CT molecular complexity index is 849. The second-order valence-corrected chi connectivity index (χ2v) is 6.23. The Kier molecular flexibility index (Phi) is 3.86. The van der Waals surface area contributed by atoms with Gasteiger partial charge in [-0.3, -0.25) is 4.40 Å². The van der Waals surface area contributed by atoms with Gasteiger partial charge in [0.25, 0.3) is 0 Å². The molecule has 5 nitrogen and oxygen atoms in total. The number of nitrogens with one attached hydrogen (secondary N) is 1. The summed E-state index contributed by atoms with van der Waals surface area (Å²) in [6, 6.07) is 13.3. The molecule has 3 aromatic rings. The molecule has 0 spiro atoms. The van der Waals surface area contributed by atoms with E-state index in [0.717, 1.165) is 54.4 Å². The van der Waals surface area contributed by atoms with E-state index >= 15 is 0 Å². The molecule has 1 aromatic carbocycles. The Morgan fingerprint density at radius 3 is 2.83 bits per heavy atom. The number of phenols is 1. The molecule has 24 heavy (non-hydrogen) atoms. The summed E-state index contributed by atoms with van der Waals surface area (Å²) in [5.74, 6) is 1.23. The SMILES string of the molecule is Cc1cccc2nc(-c3ccc(O)cc3)c(NC[C@@H]3CCCO3)n12. The summed E-state index contributed by atoms with van der Waals surface area (Å²) in [4.78, 5) is 4.80. The van der Waals surface area contributed by atoms with Gasteiger partial charge in [0.2, 0.25) is 0 Å². The molecule has 0 aliphatic carbocycles. The summed E-state index contributed by atoms with van der Waals surface area (Å²) < 4.78 is 7.87. The lowest BCUT2D eigenvalue weighted by molar-refractivity contribution is 0.120. The summed E-state index contributed by atoms with van der Waals surface area (Å²) >= 11 is 0. The van der Waals surface area contributed by atoms with Crippen molar-refractivity contribution in [3.8, 4) is 17.0 Å². The Morgan fingerprint density at radius 2 is 2.08 bits per heavy atom. The van der Waals surface area contributed by atoms with Gasteiger partial charge in [0.05, 0.1) is 6.10 Å². The molecular weight excluding hydrogens is 302 g/mol. The van der Waals surface area contributed by atoms with Crippen molar-refractivity contribution in [3.05, 3.63) is 48.2 Å². The van der Waals surface area contributed by atoms with Crippen LogP contribution in [0.4, 0.5) is 5.82 Å². The number of aromatic nitrogens is 2. The molecule has 0 unspecified atom stereocenters. The molecule has 1 atom stereocenters. The van der Waals surface area contributed by atoms with E-state index in [9.17, 15) is 5.11 Å². The van der Waals surface area contributed by atoms with E-state index in [4.69, 9.17) is 9.72 Å². The van der Waals surface area contributed by atoms with Gasteiger partial charge in [-0.25, -0.2) is 4.98 Å². The molecule has 124 valence electrons. The van der Waals surface area contributed by atoms with Crippen LogP contribution in [0.2, 0.25) is 0 Å². The van der Waals surface area contributed by atoms with E-state index in [-0.39, 0.29) is 11.9 Å². The van der Waals surface area contributed by atoms with Crippen LogP contribution in [0, 0.1) is 6.92 Å². The fourth-order valence-electron chi connectivity index (χ4n) is 3.25. The second kappa shape index (κ2) is 6.17. The first-order valence-corrected chi connectivity index (χ1v) is 8.35. The van der Waals surface area contributed by atoms with E-state index in [1.807, 2.05) is 24.3 Å². The van der Waals surface area contributed by atoms with Crippen molar-refractivity contribution in [1.29, 1.82) is 0 Å². The van der Waals surface area contributed by atoms with Gasteiger partial charge in [-0.15, -0.1) is 0 Å². The number of anilines is 1. The van der Waals surface area contributed by atoms with E-state index in [0.29, 0.717) is 0 Å². The summed E-state index contributed by atoms with van der Waals surface area (Å²) in [7, 11) is 0. The summed E-state index contributed by atoms with van der Waals surface area (Å²) in [6.07, 6.45) is 2.48. The van der Waals surface area contributed by atoms with Crippen molar-refractivity contribution in [3.63, 3.8) is 0 Å². The van der Waals surface area contributed by atoms with Crippen LogP contribution in [-0.4, -0.2) is 33.7 Å². The van der Waals surface area contributed by atoms with Crippen LogP contribution in [0.5, 0.6) is 5.75 Å². The molecule has 2 aromatic heterocycles. The quantitative estimate of drug-likeness (QED) is 0.770. The first kappa shape index (κ1) is 15.0. The van der Waals surface area contributed by atoms with Crippen LogP contribution in [0.25, 0.3) is 16.9 Å². The topological polar surface area (TPSA) is 58.8 Å². The number of imidazole rings is 1. The van der Waals surface area contributed by atoms with Crippen molar-refractivity contribution in [2.24, 2.45) is 0 Å². The zero-order chi connectivity index (χ0) is 16.5. The van der Waals surface area contributed by atoms with Crippen molar-refractivity contribution in [2.45, 2.75) is 25.9 Å². The van der Waals surface area contributed by atoms with Crippen molar-refractivity contribution >= 4 is 11.5 Å². The van der Waals surface area contributed by atoms with E-state index in [1.54, 1.807) is 12.1 Å². The van der Waals surface area contributed by atoms with Crippen LogP contribution in [0.3, 0.4) is 0 Å². The predicted octanol–water partition coefficient (Wildman–Crippen LogP) is 3.61. The monoisotopic (exact) mass is 323 g/mol. The third-order valence-electron chi connectivity index (χ3n) is 4.50. The highest BCUT2D eigenvalue weighted by molar-refractivity contribution is 5.77. The minimum absolute atomic E-state index is 0.257. The van der Waals surface area contributed by atoms with Crippen LogP contribution >= 0.6 is 0 Å². The largest absolute Gasteiger partial charge is 0.508 e. The van der Waals surface area contributed by atoms with Crippen LogP contribution in [-0.2, 0) is 4.74 Å². The van der Waals surface area contributed by atoms with E-state index < -0.39 is 0 Å². The van der Waals surface area contributed by atoms with Gasteiger partial charge < -0.3 is 15.2 Å². The number of nitrogens with zero attached hydrogens (tertiary/aromatic N) is 2. The first-order chi connectivity index (χ1) is 11.7. The molecule has 1 saturated heterocycles. The minimum Gasteiger partial charge on any atom is -0.508 e. The maximum absolute atomic E-state index is 9.55. The molecule has 0 amide bonds. The molecule has 3 heterocycles. The number of aromatic hydroxyl groups is 1. The number of aryl methyl sites for hydroxylation is 1. The van der Waals surface area contributed by atoms with Crippen molar-refractivity contribution < 1.29 is 9.84 Å². The van der Waals surface area contributed by atoms with E-state index in [1.165, 1.54) is 0 Å². The number of hydrogen-bond acceptors (Lipinski definition) is 4. The molecule has 1 aliphatic rings. The minimum atomic E-state index is 0.257. The maximum atomic E-state index is 9.55. The Balaban J connectivity index is 1.77. The number of hydrogen-bond donors (Lipinski definition) is 2. The molecule has 4 rings (SSSR count). The summed E-state index contributed by atoms with van der Waals surface area (Å²) in [5, 5.41) is 13.1. The molecule has 1 aliphatic heterocycles. The summed E-state index contributed by atoms with van der Waals surface area (Å²) in [5.41, 5.74) is 3.90. The van der Waals surface area contributed by atoms with Crippen molar-refractivity contribution in [2.75, 3.05) is 18.5 Å². The smallest absolute Gasteiger partial charge is 0.139 e. The van der Waals surface area contributed by atoms with Gasteiger partial charge >= 0.3 is 0 Å². The molecular formula is C19H21N3O2. The number of pyridine rings is 1. The molecule has 0 radical (unpaired) electrons.